The largest absolute Gasteiger partial charge is 0.339 e. The number of hydrogen-bond donors (Lipinski definition) is 1. The Kier molecular flexibility index (Phi) is 5.20. The van der Waals surface area contributed by atoms with Crippen molar-refractivity contribution in [1.82, 2.24) is 4.90 Å². The minimum absolute atomic E-state index is 0.302. The van der Waals surface area contributed by atoms with Crippen molar-refractivity contribution in [2.75, 3.05) is 13.1 Å². The molecule has 3 fully saturated rings. The van der Waals surface area contributed by atoms with Gasteiger partial charge in [-0.25, -0.2) is 0 Å². The monoisotopic (exact) mass is 292 g/mol. The first-order valence-electron chi connectivity index (χ1n) is 9.30. The minimum atomic E-state index is 0.302. The molecule has 0 spiro atoms. The fourth-order valence-corrected chi connectivity index (χ4v) is 5.15. The lowest BCUT2D eigenvalue weighted by Gasteiger charge is -2.46. The van der Waals surface area contributed by atoms with Crippen LogP contribution < -0.4 is 5.73 Å². The van der Waals surface area contributed by atoms with Crippen LogP contribution in [0.2, 0.25) is 0 Å². The van der Waals surface area contributed by atoms with Crippen molar-refractivity contribution >= 4 is 5.91 Å². The van der Waals surface area contributed by atoms with Crippen LogP contribution in [0.25, 0.3) is 0 Å². The number of piperidine rings is 1. The Morgan fingerprint density at radius 3 is 2.67 bits per heavy atom. The van der Waals surface area contributed by atoms with Gasteiger partial charge in [-0.3, -0.25) is 4.79 Å². The summed E-state index contributed by atoms with van der Waals surface area (Å²) in [5, 5.41) is 0. The summed E-state index contributed by atoms with van der Waals surface area (Å²) in [4.78, 5) is 15.4. The fraction of sp³-hybridized carbons (Fsp3) is 0.944. The van der Waals surface area contributed by atoms with Crippen LogP contribution in [0.15, 0.2) is 0 Å². The maximum atomic E-state index is 13.1. The summed E-state index contributed by atoms with van der Waals surface area (Å²) >= 11 is 0. The van der Waals surface area contributed by atoms with Gasteiger partial charge in [-0.15, -0.1) is 0 Å². The Labute approximate surface area is 129 Å². The van der Waals surface area contributed by atoms with Gasteiger partial charge in [0.2, 0.25) is 5.91 Å². The Morgan fingerprint density at radius 1 is 1.00 bits per heavy atom. The van der Waals surface area contributed by atoms with Crippen molar-refractivity contribution in [3.05, 3.63) is 0 Å². The quantitative estimate of drug-likeness (QED) is 0.867. The fourth-order valence-electron chi connectivity index (χ4n) is 5.15. The highest BCUT2D eigenvalue weighted by Crippen LogP contribution is 2.38. The first-order chi connectivity index (χ1) is 10.3. The van der Waals surface area contributed by atoms with Crippen LogP contribution in [0, 0.1) is 17.8 Å². The molecule has 0 aromatic rings. The second-order valence-corrected chi connectivity index (χ2v) is 7.59. The van der Waals surface area contributed by atoms with Crippen molar-refractivity contribution < 1.29 is 4.79 Å². The summed E-state index contributed by atoms with van der Waals surface area (Å²) in [6, 6.07) is 0.579. The van der Waals surface area contributed by atoms with E-state index >= 15 is 0 Å². The minimum Gasteiger partial charge on any atom is -0.339 e. The number of likely N-dealkylation sites (tertiary alicyclic amines) is 1. The van der Waals surface area contributed by atoms with E-state index in [1.54, 1.807) is 0 Å². The van der Waals surface area contributed by atoms with E-state index in [2.05, 4.69) is 4.90 Å². The molecular formula is C18H32N2O. The zero-order valence-corrected chi connectivity index (χ0v) is 13.4. The number of hydrogen-bond acceptors (Lipinski definition) is 2. The van der Waals surface area contributed by atoms with Crippen molar-refractivity contribution in [2.45, 2.75) is 76.7 Å². The molecule has 120 valence electrons. The Balaban J connectivity index is 1.63. The number of carbonyl (C=O) groups excluding carboxylic acids is 1. The zero-order valence-electron chi connectivity index (χ0n) is 13.4. The van der Waals surface area contributed by atoms with Gasteiger partial charge in [-0.2, -0.15) is 0 Å². The van der Waals surface area contributed by atoms with Gasteiger partial charge >= 0.3 is 0 Å². The van der Waals surface area contributed by atoms with Crippen LogP contribution in [0.1, 0.15) is 70.6 Å². The zero-order chi connectivity index (χ0) is 14.7. The van der Waals surface area contributed by atoms with E-state index in [0.717, 1.165) is 38.3 Å². The molecule has 4 unspecified atom stereocenters. The lowest BCUT2D eigenvalue weighted by molar-refractivity contribution is -0.143. The maximum Gasteiger partial charge on any atom is 0.225 e. The van der Waals surface area contributed by atoms with Gasteiger partial charge < -0.3 is 10.6 Å². The predicted octanol–water partition coefficient (Wildman–Crippen LogP) is 3.32. The van der Waals surface area contributed by atoms with Crippen molar-refractivity contribution in [2.24, 2.45) is 23.5 Å². The van der Waals surface area contributed by atoms with Crippen LogP contribution in [-0.4, -0.2) is 29.9 Å². The van der Waals surface area contributed by atoms with E-state index in [1.165, 1.54) is 51.4 Å². The highest BCUT2D eigenvalue weighted by atomic mass is 16.2. The highest BCUT2D eigenvalue weighted by Gasteiger charge is 2.38. The Morgan fingerprint density at radius 2 is 1.81 bits per heavy atom. The molecule has 2 N–H and O–H groups in total. The third-order valence-corrected chi connectivity index (χ3v) is 6.23. The number of carbonyl (C=O) groups is 1. The van der Waals surface area contributed by atoms with Crippen LogP contribution in [-0.2, 0) is 4.79 Å². The second kappa shape index (κ2) is 7.13. The molecule has 0 aromatic heterocycles. The molecule has 3 rings (SSSR count). The molecular weight excluding hydrogens is 260 g/mol. The molecule has 0 bridgehead atoms. The second-order valence-electron chi connectivity index (χ2n) is 7.59. The molecule has 1 heterocycles. The number of nitrogens with two attached hydrogens (primary N) is 1. The third-order valence-electron chi connectivity index (χ3n) is 6.23. The molecule has 2 saturated carbocycles. The maximum absolute atomic E-state index is 13.1. The average Bonchev–Trinajstić information content (AvgIpc) is 2.54. The van der Waals surface area contributed by atoms with Crippen molar-refractivity contribution in [1.29, 1.82) is 0 Å². The molecule has 1 amide bonds. The van der Waals surface area contributed by atoms with Crippen LogP contribution in [0.5, 0.6) is 0 Å². The molecule has 3 nitrogen and oxygen atoms in total. The lowest BCUT2D eigenvalue weighted by Crippen LogP contribution is -2.52. The summed E-state index contributed by atoms with van der Waals surface area (Å²) in [6.45, 7) is 1.80. The van der Waals surface area contributed by atoms with Crippen molar-refractivity contribution in [3.8, 4) is 0 Å². The van der Waals surface area contributed by atoms with Crippen LogP contribution >= 0.6 is 0 Å². The van der Waals surface area contributed by atoms with E-state index in [0.29, 0.717) is 23.8 Å². The molecule has 1 saturated heterocycles. The number of nitrogens with zero attached hydrogens (tertiary/aromatic N) is 1. The van der Waals surface area contributed by atoms with Gasteiger partial charge in [0, 0.05) is 18.5 Å². The normalized spacial score (nSPS) is 37.1. The molecule has 3 heteroatoms. The molecule has 0 aromatic carbocycles. The molecule has 3 aliphatic rings. The van der Waals surface area contributed by atoms with Gasteiger partial charge in [-0.05, 0) is 63.3 Å². The predicted molar refractivity (Wildman–Crippen MR) is 85.8 cm³/mol. The smallest absolute Gasteiger partial charge is 0.225 e. The highest BCUT2D eigenvalue weighted by molar-refractivity contribution is 5.79. The molecule has 2 aliphatic carbocycles. The van der Waals surface area contributed by atoms with Gasteiger partial charge in [0.1, 0.15) is 0 Å². The summed E-state index contributed by atoms with van der Waals surface area (Å²) in [5.41, 5.74) is 5.72. The first-order valence-corrected chi connectivity index (χ1v) is 9.30. The van der Waals surface area contributed by atoms with E-state index in [-0.39, 0.29) is 0 Å². The van der Waals surface area contributed by atoms with E-state index in [1.807, 2.05) is 0 Å². The Bertz CT molecular complexity index is 353. The van der Waals surface area contributed by atoms with Gasteiger partial charge in [-0.1, -0.05) is 25.7 Å². The topological polar surface area (TPSA) is 46.3 Å². The molecule has 0 radical (unpaired) electrons. The SMILES string of the molecule is NCCC1CCCC(C(=O)N2CCCC3CCCCC32)C1. The van der Waals surface area contributed by atoms with E-state index < -0.39 is 0 Å². The van der Waals surface area contributed by atoms with Gasteiger partial charge in [0.15, 0.2) is 0 Å². The third kappa shape index (κ3) is 3.44. The molecule has 4 atom stereocenters. The Hall–Kier alpha value is -0.570. The van der Waals surface area contributed by atoms with Crippen LogP contribution in [0.3, 0.4) is 0 Å². The number of fused-ring (bicyclic) bond motifs is 1. The van der Waals surface area contributed by atoms with Gasteiger partial charge in [0.25, 0.3) is 0 Å². The van der Waals surface area contributed by atoms with E-state index in [9.17, 15) is 4.79 Å². The van der Waals surface area contributed by atoms with E-state index in [4.69, 9.17) is 5.73 Å². The summed E-state index contributed by atoms with van der Waals surface area (Å²) in [6.07, 6.45) is 13.7. The summed E-state index contributed by atoms with van der Waals surface area (Å²) in [5.74, 6) is 2.30. The van der Waals surface area contributed by atoms with Crippen LogP contribution in [0.4, 0.5) is 0 Å². The standard InChI is InChI=1S/C18H32N2O/c19-11-10-14-5-3-7-16(13-14)18(21)20-12-4-8-15-6-1-2-9-17(15)20/h14-17H,1-13,19H2. The molecule has 21 heavy (non-hydrogen) atoms. The average molecular weight is 292 g/mol. The molecule has 1 aliphatic heterocycles. The number of rotatable bonds is 3. The summed E-state index contributed by atoms with van der Waals surface area (Å²) < 4.78 is 0. The van der Waals surface area contributed by atoms with Gasteiger partial charge in [0.05, 0.1) is 0 Å². The number of amides is 1. The first kappa shape index (κ1) is 15.3. The summed E-state index contributed by atoms with van der Waals surface area (Å²) in [7, 11) is 0. The lowest BCUT2D eigenvalue weighted by atomic mass is 9.76. The van der Waals surface area contributed by atoms with Crippen molar-refractivity contribution in [3.63, 3.8) is 0 Å².